The molecule has 0 spiro atoms. The number of nitrogens with one attached hydrogen (secondary N) is 1. The van der Waals surface area contributed by atoms with Gasteiger partial charge in [-0.3, -0.25) is 10.1 Å². The van der Waals surface area contributed by atoms with Gasteiger partial charge in [-0.05, 0) is 24.8 Å². The van der Waals surface area contributed by atoms with Gasteiger partial charge in [0, 0.05) is 23.2 Å². The SMILES string of the molecule is Cc1cnc(NCCc2cccs2)cc1[N+](=O)[O-]. The van der Waals surface area contributed by atoms with Gasteiger partial charge in [-0.15, -0.1) is 11.3 Å². The number of nitro groups is 1. The number of aromatic nitrogens is 1. The summed E-state index contributed by atoms with van der Waals surface area (Å²) < 4.78 is 0. The number of hydrogen-bond acceptors (Lipinski definition) is 5. The molecule has 2 rings (SSSR count). The van der Waals surface area contributed by atoms with Crippen molar-refractivity contribution in [2.45, 2.75) is 13.3 Å². The Kier molecular flexibility index (Phi) is 3.88. The van der Waals surface area contributed by atoms with Gasteiger partial charge in [0.05, 0.1) is 11.0 Å². The molecule has 0 amide bonds. The van der Waals surface area contributed by atoms with Gasteiger partial charge in [-0.25, -0.2) is 4.98 Å². The van der Waals surface area contributed by atoms with Crippen LogP contribution in [0.5, 0.6) is 0 Å². The van der Waals surface area contributed by atoms with Crippen molar-refractivity contribution in [1.29, 1.82) is 0 Å². The first kappa shape index (κ1) is 12.5. The van der Waals surface area contributed by atoms with E-state index in [0.717, 1.165) is 6.42 Å². The van der Waals surface area contributed by atoms with Gasteiger partial charge in [0.2, 0.25) is 0 Å². The Balaban J connectivity index is 1.97. The topological polar surface area (TPSA) is 68.1 Å². The summed E-state index contributed by atoms with van der Waals surface area (Å²) in [7, 11) is 0. The minimum Gasteiger partial charge on any atom is -0.370 e. The zero-order valence-corrected chi connectivity index (χ0v) is 10.7. The predicted molar refractivity (Wildman–Crippen MR) is 72.1 cm³/mol. The van der Waals surface area contributed by atoms with E-state index in [9.17, 15) is 10.1 Å². The van der Waals surface area contributed by atoms with Gasteiger partial charge in [-0.2, -0.15) is 0 Å². The average molecular weight is 263 g/mol. The number of pyridine rings is 1. The normalized spacial score (nSPS) is 10.3. The van der Waals surface area contributed by atoms with Gasteiger partial charge >= 0.3 is 0 Å². The number of thiophene rings is 1. The van der Waals surface area contributed by atoms with Crippen LogP contribution in [0.15, 0.2) is 29.8 Å². The Morgan fingerprint density at radius 3 is 3.06 bits per heavy atom. The van der Waals surface area contributed by atoms with Crippen molar-refractivity contribution in [3.63, 3.8) is 0 Å². The van der Waals surface area contributed by atoms with Gasteiger partial charge < -0.3 is 5.32 Å². The molecule has 0 atom stereocenters. The fourth-order valence-electron chi connectivity index (χ4n) is 1.58. The lowest BCUT2D eigenvalue weighted by molar-refractivity contribution is -0.385. The lowest BCUT2D eigenvalue weighted by Crippen LogP contribution is -2.06. The molecule has 2 aromatic rings. The third-order valence-electron chi connectivity index (χ3n) is 2.53. The maximum absolute atomic E-state index is 10.8. The fraction of sp³-hybridized carbons (Fsp3) is 0.250. The number of hydrogen-bond donors (Lipinski definition) is 1. The van der Waals surface area contributed by atoms with Crippen LogP contribution in [0.25, 0.3) is 0 Å². The van der Waals surface area contributed by atoms with E-state index < -0.39 is 0 Å². The number of aryl methyl sites for hydroxylation is 1. The van der Waals surface area contributed by atoms with Crippen molar-refractivity contribution < 1.29 is 4.92 Å². The molecule has 94 valence electrons. The van der Waals surface area contributed by atoms with E-state index in [0.29, 0.717) is 17.9 Å². The summed E-state index contributed by atoms with van der Waals surface area (Å²) in [6.07, 6.45) is 2.41. The molecule has 0 aliphatic rings. The fourth-order valence-corrected chi connectivity index (χ4v) is 2.28. The molecule has 0 unspecified atom stereocenters. The molecule has 0 aliphatic carbocycles. The lowest BCUT2D eigenvalue weighted by atomic mass is 10.2. The second-order valence-electron chi connectivity index (χ2n) is 3.87. The van der Waals surface area contributed by atoms with E-state index in [1.807, 2.05) is 11.4 Å². The highest BCUT2D eigenvalue weighted by Gasteiger charge is 2.11. The van der Waals surface area contributed by atoms with Crippen LogP contribution in [0, 0.1) is 17.0 Å². The van der Waals surface area contributed by atoms with Gasteiger partial charge in [0.15, 0.2) is 0 Å². The van der Waals surface area contributed by atoms with E-state index in [1.165, 1.54) is 17.1 Å². The third kappa shape index (κ3) is 3.04. The summed E-state index contributed by atoms with van der Waals surface area (Å²) in [5, 5.41) is 15.9. The molecule has 18 heavy (non-hydrogen) atoms. The summed E-state index contributed by atoms with van der Waals surface area (Å²) in [5.74, 6) is 0.545. The molecule has 0 saturated heterocycles. The van der Waals surface area contributed by atoms with Crippen molar-refractivity contribution in [3.05, 3.63) is 50.3 Å². The standard InChI is InChI=1S/C12H13N3O2S/c1-9-8-14-12(7-11(9)15(16)17)13-5-4-10-3-2-6-18-10/h2-3,6-8H,4-5H2,1H3,(H,13,14). The van der Waals surface area contributed by atoms with Crippen molar-refractivity contribution in [2.24, 2.45) is 0 Å². The van der Waals surface area contributed by atoms with Crippen LogP contribution in [0.3, 0.4) is 0 Å². The third-order valence-corrected chi connectivity index (χ3v) is 3.47. The Morgan fingerprint density at radius 1 is 1.56 bits per heavy atom. The molecule has 0 bridgehead atoms. The number of anilines is 1. The van der Waals surface area contributed by atoms with Gasteiger partial charge in [0.1, 0.15) is 5.82 Å². The number of rotatable bonds is 5. The Morgan fingerprint density at radius 2 is 2.39 bits per heavy atom. The molecular formula is C12H13N3O2S. The van der Waals surface area contributed by atoms with E-state index >= 15 is 0 Å². The Hall–Kier alpha value is -1.95. The van der Waals surface area contributed by atoms with Crippen molar-refractivity contribution in [2.75, 3.05) is 11.9 Å². The van der Waals surface area contributed by atoms with E-state index in [1.54, 1.807) is 18.3 Å². The molecule has 0 aliphatic heterocycles. The molecule has 2 aromatic heterocycles. The first-order valence-electron chi connectivity index (χ1n) is 5.54. The van der Waals surface area contributed by atoms with Crippen LogP contribution < -0.4 is 5.32 Å². The van der Waals surface area contributed by atoms with Gasteiger partial charge in [0.25, 0.3) is 5.69 Å². The molecule has 0 fully saturated rings. The summed E-state index contributed by atoms with van der Waals surface area (Å²) in [6.45, 7) is 2.40. The summed E-state index contributed by atoms with van der Waals surface area (Å²) in [5.41, 5.74) is 0.674. The first-order valence-corrected chi connectivity index (χ1v) is 6.42. The highest BCUT2D eigenvalue weighted by molar-refractivity contribution is 7.09. The second-order valence-corrected chi connectivity index (χ2v) is 4.90. The average Bonchev–Trinajstić information content (AvgIpc) is 2.84. The summed E-state index contributed by atoms with van der Waals surface area (Å²) >= 11 is 1.70. The van der Waals surface area contributed by atoms with Crippen LogP contribution in [-0.4, -0.2) is 16.5 Å². The number of nitrogens with zero attached hydrogens (tertiary/aromatic N) is 2. The van der Waals surface area contributed by atoms with Crippen LogP contribution in [0.2, 0.25) is 0 Å². The highest BCUT2D eigenvalue weighted by atomic mass is 32.1. The zero-order chi connectivity index (χ0) is 13.0. The van der Waals surface area contributed by atoms with Crippen molar-refractivity contribution >= 4 is 22.8 Å². The maximum atomic E-state index is 10.8. The largest absolute Gasteiger partial charge is 0.370 e. The van der Waals surface area contributed by atoms with E-state index in [4.69, 9.17) is 0 Å². The lowest BCUT2D eigenvalue weighted by Gasteiger charge is -2.05. The quantitative estimate of drug-likeness (QED) is 0.665. The second kappa shape index (κ2) is 5.59. The van der Waals surface area contributed by atoms with Gasteiger partial charge in [-0.1, -0.05) is 6.07 Å². The van der Waals surface area contributed by atoms with Crippen LogP contribution in [0.1, 0.15) is 10.4 Å². The molecule has 1 N–H and O–H groups in total. The zero-order valence-electron chi connectivity index (χ0n) is 9.92. The van der Waals surface area contributed by atoms with Crippen molar-refractivity contribution in [3.8, 4) is 0 Å². The molecule has 2 heterocycles. The van der Waals surface area contributed by atoms with Crippen LogP contribution in [0.4, 0.5) is 11.5 Å². The highest BCUT2D eigenvalue weighted by Crippen LogP contribution is 2.19. The Labute approximate surface area is 109 Å². The predicted octanol–water partition coefficient (Wildman–Crippen LogP) is 3.01. The van der Waals surface area contributed by atoms with Crippen LogP contribution >= 0.6 is 11.3 Å². The summed E-state index contributed by atoms with van der Waals surface area (Å²) in [6, 6.07) is 5.55. The van der Waals surface area contributed by atoms with Crippen molar-refractivity contribution in [1.82, 2.24) is 4.98 Å². The first-order chi connectivity index (χ1) is 8.66. The summed E-state index contributed by atoms with van der Waals surface area (Å²) in [4.78, 5) is 15.8. The van der Waals surface area contributed by atoms with Crippen LogP contribution in [-0.2, 0) is 6.42 Å². The molecule has 0 radical (unpaired) electrons. The smallest absolute Gasteiger partial charge is 0.277 e. The molecule has 0 saturated carbocycles. The molecule has 6 heteroatoms. The minimum absolute atomic E-state index is 0.101. The van der Waals surface area contributed by atoms with E-state index in [-0.39, 0.29) is 10.6 Å². The molecule has 0 aromatic carbocycles. The maximum Gasteiger partial charge on any atom is 0.277 e. The monoisotopic (exact) mass is 263 g/mol. The Bertz CT molecular complexity index is 540. The molecule has 5 nitrogen and oxygen atoms in total. The molecular weight excluding hydrogens is 250 g/mol. The van der Waals surface area contributed by atoms with E-state index in [2.05, 4.69) is 16.4 Å². The minimum atomic E-state index is -0.387.